The minimum Gasteiger partial charge on any atom is -0.496 e. The molecule has 11 nitrogen and oxygen atoms in total. The molecule has 11 heteroatoms. The number of benzene rings is 1. The second-order valence-corrected chi connectivity index (χ2v) is 11.9. The third kappa shape index (κ3) is 13.3. The number of hydrogen-bond acceptors (Lipinski definition) is 10. The average molecular weight is 628 g/mol. The van der Waals surface area contributed by atoms with Crippen LogP contribution in [0, 0.1) is 0 Å². The molecule has 44 heavy (non-hydrogen) atoms. The Morgan fingerprint density at radius 3 is 2.07 bits per heavy atom. The van der Waals surface area contributed by atoms with Crippen molar-refractivity contribution in [3.05, 3.63) is 29.8 Å². The molecule has 8 atom stereocenters. The molecule has 7 N–H and O–H groups in total. The normalized spacial score (nSPS) is 24.0. The molecule has 0 aliphatic carbocycles. The van der Waals surface area contributed by atoms with Crippen molar-refractivity contribution in [1.82, 2.24) is 5.32 Å². The van der Waals surface area contributed by atoms with Crippen molar-refractivity contribution in [2.45, 2.75) is 146 Å². The molecule has 0 aromatic heterocycles. The van der Waals surface area contributed by atoms with Crippen LogP contribution in [-0.4, -0.2) is 106 Å². The van der Waals surface area contributed by atoms with Gasteiger partial charge in [0.1, 0.15) is 36.3 Å². The number of para-hydroxylation sites is 1. The largest absolute Gasteiger partial charge is 0.496 e. The highest BCUT2D eigenvalue weighted by atomic mass is 16.7. The average Bonchev–Trinajstić information content (AvgIpc) is 3.03. The Labute approximate surface area is 262 Å². The Kier molecular flexibility index (Phi) is 19.0. The van der Waals surface area contributed by atoms with Gasteiger partial charge in [-0.1, -0.05) is 102 Å². The lowest BCUT2D eigenvalue weighted by Gasteiger charge is -2.40. The van der Waals surface area contributed by atoms with E-state index in [1.165, 1.54) is 58.5 Å². The first-order valence-corrected chi connectivity index (χ1v) is 16.4. The molecule has 254 valence electrons. The number of aliphatic hydroxyl groups is 6. The molecule has 0 spiro atoms. The van der Waals surface area contributed by atoms with Gasteiger partial charge in [-0.2, -0.15) is 0 Å². The molecule has 1 aliphatic heterocycles. The van der Waals surface area contributed by atoms with Crippen molar-refractivity contribution in [3.8, 4) is 5.75 Å². The number of carbonyl (C=O) groups excluding carboxylic acids is 1. The van der Waals surface area contributed by atoms with E-state index >= 15 is 0 Å². The molecule has 1 aromatic carbocycles. The van der Waals surface area contributed by atoms with Crippen molar-refractivity contribution in [3.63, 3.8) is 0 Å². The van der Waals surface area contributed by atoms with Crippen LogP contribution in [0.2, 0.25) is 0 Å². The van der Waals surface area contributed by atoms with Crippen LogP contribution in [0.5, 0.6) is 5.75 Å². The van der Waals surface area contributed by atoms with Crippen molar-refractivity contribution in [2.24, 2.45) is 0 Å². The summed E-state index contributed by atoms with van der Waals surface area (Å²) in [7, 11) is 1.50. The topological polar surface area (TPSA) is 178 Å². The predicted molar refractivity (Wildman–Crippen MR) is 166 cm³/mol. The van der Waals surface area contributed by atoms with Crippen molar-refractivity contribution in [1.29, 1.82) is 0 Å². The fourth-order valence-electron chi connectivity index (χ4n) is 5.54. The number of carbonyl (C=O) groups is 1. The Bertz CT molecular complexity index is 903. The maximum Gasteiger partial charge on any atom is 0.224 e. The highest BCUT2D eigenvalue weighted by Crippen LogP contribution is 2.23. The van der Waals surface area contributed by atoms with Gasteiger partial charge in [-0.25, -0.2) is 0 Å². The Balaban J connectivity index is 1.89. The van der Waals surface area contributed by atoms with Crippen LogP contribution >= 0.6 is 0 Å². The maximum absolute atomic E-state index is 13.0. The SMILES string of the molecule is CCCCCCCCCCCCCC[C@@H](O)[C@@H](O)[C@H](CO[C@H]1O[C@H](CO)[C@H](O)[C@H](O)[C@H]1O)NC(=O)Cc1ccccc1OC. The summed E-state index contributed by atoms with van der Waals surface area (Å²) in [6.45, 7) is 1.23. The summed E-state index contributed by atoms with van der Waals surface area (Å²) >= 11 is 0. The van der Waals surface area contributed by atoms with E-state index in [9.17, 15) is 35.4 Å². The van der Waals surface area contributed by atoms with Gasteiger partial charge in [0.05, 0.1) is 38.9 Å². The molecule has 1 aliphatic rings. The van der Waals surface area contributed by atoms with Crippen LogP contribution in [-0.2, 0) is 20.7 Å². The van der Waals surface area contributed by atoms with Gasteiger partial charge in [0, 0.05) is 5.56 Å². The zero-order chi connectivity index (χ0) is 32.3. The standard InChI is InChI=1S/C33H57NO10/c1-3-4-5-6-7-8-9-10-11-12-13-14-18-25(36)29(38)24(34-28(37)20-23-17-15-16-19-26(23)42-2)22-43-33-32(41)31(40)30(39)27(21-35)44-33/h15-17,19,24-25,27,29-33,35-36,38-41H,3-14,18,20-22H2,1-2H3,(H,34,37)/t24-,25+,27+,29-,30-,31-,32+,33-/m0/s1. The lowest BCUT2D eigenvalue weighted by Crippen LogP contribution is -2.60. The van der Waals surface area contributed by atoms with E-state index in [1.54, 1.807) is 24.3 Å². The highest BCUT2D eigenvalue weighted by Gasteiger charge is 2.44. The third-order valence-corrected chi connectivity index (χ3v) is 8.34. The number of methoxy groups -OCH3 is 1. The van der Waals surface area contributed by atoms with Gasteiger partial charge in [-0.05, 0) is 12.5 Å². The zero-order valence-electron chi connectivity index (χ0n) is 26.6. The van der Waals surface area contributed by atoms with E-state index in [0.717, 1.165) is 19.3 Å². The highest BCUT2D eigenvalue weighted by molar-refractivity contribution is 5.79. The van der Waals surface area contributed by atoms with E-state index in [4.69, 9.17) is 14.2 Å². The van der Waals surface area contributed by atoms with Crippen molar-refractivity contribution in [2.75, 3.05) is 20.3 Å². The number of amides is 1. The molecule has 2 rings (SSSR count). The number of ether oxygens (including phenoxy) is 3. The molecule has 0 bridgehead atoms. The second kappa shape index (κ2) is 21.8. The van der Waals surface area contributed by atoms with Gasteiger partial charge in [-0.15, -0.1) is 0 Å². The van der Waals surface area contributed by atoms with Gasteiger partial charge in [0.2, 0.25) is 5.91 Å². The summed E-state index contributed by atoms with van der Waals surface area (Å²) in [6.07, 6.45) is 4.42. The summed E-state index contributed by atoms with van der Waals surface area (Å²) in [5, 5.41) is 64.5. The summed E-state index contributed by atoms with van der Waals surface area (Å²) in [6, 6.07) is 5.95. The monoisotopic (exact) mass is 627 g/mol. The van der Waals surface area contributed by atoms with Gasteiger partial charge in [-0.3, -0.25) is 4.79 Å². The Morgan fingerprint density at radius 1 is 0.886 bits per heavy atom. The fraction of sp³-hybridized carbons (Fsp3) is 0.788. The number of aliphatic hydroxyl groups excluding tert-OH is 6. The van der Waals surface area contributed by atoms with E-state index < -0.39 is 61.5 Å². The number of rotatable bonds is 23. The van der Waals surface area contributed by atoms with Crippen LogP contribution in [0.4, 0.5) is 0 Å². The molecule has 1 fully saturated rings. The van der Waals surface area contributed by atoms with E-state index in [1.807, 2.05) is 0 Å². The minimum atomic E-state index is -1.64. The van der Waals surface area contributed by atoms with E-state index in [0.29, 0.717) is 24.2 Å². The summed E-state index contributed by atoms with van der Waals surface area (Å²) in [4.78, 5) is 13.0. The van der Waals surface area contributed by atoms with Gasteiger partial charge < -0.3 is 50.2 Å². The molecule has 1 amide bonds. The zero-order valence-corrected chi connectivity index (χ0v) is 26.6. The minimum absolute atomic E-state index is 0.0535. The van der Waals surface area contributed by atoms with Crippen LogP contribution in [0.15, 0.2) is 24.3 Å². The molecule has 0 saturated carbocycles. The molecule has 1 heterocycles. The first kappa shape index (κ1) is 38.4. The lowest BCUT2D eigenvalue weighted by molar-refractivity contribution is -0.303. The Hall–Kier alpha value is -1.83. The van der Waals surface area contributed by atoms with Gasteiger partial charge in [0.15, 0.2) is 6.29 Å². The van der Waals surface area contributed by atoms with Crippen LogP contribution in [0.25, 0.3) is 0 Å². The molecular weight excluding hydrogens is 570 g/mol. The summed E-state index contributed by atoms with van der Waals surface area (Å²) in [5.41, 5.74) is 0.632. The van der Waals surface area contributed by atoms with Crippen molar-refractivity contribution < 1.29 is 49.6 Å². The quantitative estimate of drug-likeness (QED) is 0.0891. The molecular formula is C33H57NO10. The predicted octanol–water partition coefficient (Wildman–Crippen LogP) is 2.35. The molecule has 1 saturated heterocycles. The lowest BCUT2D eigenvalue weighted by atomic mass is 9.98. The van der Waals surface area contributed by atoms with Gasteiger partial charge >= 0.3 is 0 Å². The van der Waals surface area contributed by atoms with E-state index in [-0.39, 0.29) is 13.0 Å². The maximum atomic E-state index is 13.0. The van der Waals surface area contributed by atoms with E-state index in [2.05, 4.69) is 12.2 Å². The first-order chi connectivity index (χ1) is 21.2. The van der Waals surface area contributed by atoms with Crippen molar-refractivity contribution >= 4 is 5.91 Å². The van der Waals surface area contributed by atoms with Crippen LogP contribution in [0.3, 0.4) is 0 Å². The third-order valence-electron chi connectivity index (χ3n) is 8.34. The Morgan fingerprint density at radius 2 is 1.48 bits per heavy atom. The number of hydrogen-bond donors (Lipinski definition) is 7. The molecule has 0 unspecified atom stereocenters. The second-order valence-electron chi connectivity index (χ2n) is 11.9. The molecule has 0 radical (unpaired) electrons. The number of nitrogens with one attached hydrogen (secondary N) is 1. The van der Waals surface area contributed by atoms with Gasteiger partial charge in [0.25, 0.3) is 0 Å². The van der Waals surface area contributed by atoms with Crippen LogP contribution < -0.4 is 10.1 Å². The summed E-state index contributed by atoms with van der Waals surface area (Å²) < 4.78 is 16.3. The fourth-order valence-corrected chi connectivity index (χ4v) is 5.54. The van der Waals surface area contributed by atoms with Crippen LogP contribution in [0.1, 0.15) is 96.0 Å². The number of unbranched alkanes of at least 4 members (excludes halogenated alkanes) is 11. The first-order valence-electron chi connectivity index (χ1n) is 16.4. The summed E-state index contributed by atoms with van der Waals surface area (Å²) in [5.74, 6) is 0.0813. The molecule has 1 aromatic rings. The smallest absolute Gasteiger partial charge is 0.224 e.